The third kappa shape index (κ3) is 3.99. The van der Waals surface area contributed by atoms with Crippen molar-refractivity contribution in [1.82, 2.24) is 29.1 Å². The second-order valence-electron chi connectivity index (χ2n) is 9.06. The minimum absolute atomic E-state index is 0.165. The van der Waals surface area contributed by atoms with Crippen LogP contribution >= 0.6 is 0 Å². The molecule has 37 heavy (non-hydrogen) atoms. The van der Waals surface area contributed by atoms with Gasteiger partial charge in [0.15, 0.2) is 23.2 Å². The van der Waals surface area contributed by atoms with E-state index in [2.05, 4.69) is 15.3 Å². The van der Waals surface area contributed by atoms with E-state index in [0.717, 1.165) is 18.4 Å². The number of anilines is 1. The summed E-state index contributed by atoms with van der Waals surface area (Å²) >= 11 is 0. The van der Waals surface area contributed by atoms with Crippen LogP contribution in [0.2, 0.25) is 0 Å². The monoisotopic (exact) mass is 499 g/mol. The van der Waals surface area contributed by atoms with E-state index in [1.165, 1.54) is 7.11 Å². The highest BCUT2D eigenvalue weighted by Crippen LogP contribution is 2.42. The molecule has 1 fully saturated rings. The molecular weight excluding hydrogens is 473 g/mol. The van der Waals surface area contributed by atoms with Crippen LogP contribution in [0.25, 0.3) is 39.5 Å². The molecule has 1 saturated carbocycles. The summed E-state index contributed by atoms with van der Waals surface area (Å²) in [5.41, 5.74) is 3.13. The number of hydrogen-bond donors (Lipinski definition) is 1. The van der Waals surface area contributed by atoms with Crippen molar-refractivity contribution < 1.29 is 13.9 Å². The zero-order valence-corrected chi connectivity index (χ0v) is 20.7. The van der Waals surface area contributed by atoms with E-state index in [4.69, 9.17) is 19.6 Å². The highest BCUT2D eigenvalue weighted by molar-refractivity contribution is 5.98. The number of hydrogen-bond acceptors (Lipinski definition) is 7. The van der Waals surface area contributed by atoms with Crippen LogP contribution < -0.4 is 10.1 Å². The Morgan fingerprint density at radius 1 is 1.03 bits per heavy atom. The molecule has 9 nitrogen and oxygen atoms in total. The van der Waals surface area contributed by atoms with Gasteiger partial charge in [0.05, 0.1) is 18.9 Å². The molecule has 1 aliphatic carbocycles. The molecule has 5 aromatic rings. The Hall–Kier alpha value is -4.31. The Kier molecular flexibility index (Phi) is 5.80. The third-order valence-electron chi connectivity index (χ3n) is 6.82. The molecule has 6 rings (SSSR count). The summed E-state index contributed by atoms with van der Waals surface area (Å²) < 4.78 is 29.9. The van der Waals surface area contributed by atoms with Crippen molar-refractivity contribution in [2.75, 3.05) is 19.5 Å². The van der Waals surface area contributed by atoms with E-state index < -0.39 is 5.82 Å². The number of rotatable bonds is 7. The van der Waals surface area contributed by atoms with Gasteiger partial charge in [0.25, 0.3) is 0 Å². The first kappa shape index (κ1) is 23.1. The van der Waals surface area contributed by atoms with Gasteiger partial charge in [0.1, 0.15) is 5.52 Å². The van der Waals surface area contributed by atoms with Crippen LogP contribution in [-0.4, -0.2) is 55.5 Å². The van der Waals surface area contributed by atoms with Crippen LogP contribution in [0.15, 0.2) is 61.2 Å². The first-order valence-electron chi connectivity index (χ1n) is 12.0. The summed E-state index contributed by atoms with van der Waals surface area (Å²) in [7, 11) is 5.07. The number of nitrogens with one attached hydrogen (secondary N) is 1. The average molecular weight is 500 g/mol. The number of aryl methyl sites for hydroxylation is 1. The van der Waals surface area contributed by atoms with E-state index in [-0.39, 0.29) is 17.9 Å². The lowest BCUT2D eigenvalue weighted by molar-refractivity contribution is 0.0328. The second kappa shape index (κ2) is 9.29. The molecule has 1 aliphatic rings. The molecule has 1 N–H and O–H groups in total. The fourth-order valence-electron chi connectivity index (χ4n) is 4.78. The van der Waals surface area contributed by atoms with Gasteiger partial charge in [0, 0.05) is 61.7 Å². The minimum atomic E-state index is -0.452. The maximum absolute atomic E-state index is 15.6. The van der Waals surface area contributed by atoms with E-state index in [1.807, 2.05) is 42.2 Å². The number of imidazole rings is 1. The standard InChI is InChI=1S/C27H26FN7O2/c1-34-12-11-30-27(34)26-32-25(31-16-13-17(14-16)36-2)24-22(20-8-4-5-10-29-20)19(15-35(24)33-26)18-7-6-9-21(37-3)23(18)28/h4-12,15-17H,13-14H2,1-3H3,(H,31,32,33). The topological polar surface area (TPSA) is 91.4 Å². The van der Waals surface area contributed by atoms with E-state index in [1.54, 1.807) is 42.2 Å². The summed E-state index contributed by atoms with van der Waals surface area (Å²) in [5.74, 6) is 1.41. The van der Waals surface area contributed by atoms with E-state index in [0.29, 0.717) is 39.8 Å². The van der Waals surface area contributed by atoms with E-state index in [9.17, 15) is 0 Å². The van der Waals surface area contributed by atoms with E-state index >= 15 is 4.39 Å². The first-order chi connectivity index (χ1) is 18.1. The van der Waals surface area contributed by atoms with Crippen molar-refractivity contribution in [1.29, 1.82) is 0 Å². The highest BCUT2D eigenvalue weighted by Gasteiger charge is 2.31. The van der Waals surface area contributed by atoms with Gasteiger partial charge in [-0.25, -0.2) is 18.9 Å². The summed E-state index contributed by atoms with van der Waals surface area (Å²) in [6.07, 6.45) is 9.02. The van der Waals surface area contributed by atoms with Crippen molar-refractivity contribution in [3.05, 3.63) is 67.0 Å². The largest absolute Gasteiger partial charge is 0.494 e. The number of methoxy groups -OCH3 is 2. The quantitative estimate of drug-likeness (QED) is 0.350. The molecule has 0 spiro atoms. The van der Waals surface area contributed by atoms with Gasteiger partial charge in [-0.2, -0.15) is 0 Å². The molecule has 0 bridgehead atoms. The molecule has 0 amide bonds. The van der Waals surface area contributed by atoms with Crippen molar-refractivity contribution in [2.24, 2.45) is 7.05 Å². The molecule has 4 aromatic heterocycles. The second-order valence-corrected chi connectivity index (χ2v) is 9.06. The molecule has 10 heteroatoms. The Morgan fingerprint density at radius 2 is 1.89 bits per heavy atom. The molecule has 188 valence electrons. The maximum Gasteiger partial charge on any atom is 0.218 e. The fraction of sp³-hybridized carbons (Fsp3) is 0.259. The summed E-state index contributed by atoms with van der Waals surface area (Å²) in [4.78, 5) is 14.0. The Bertz CT molecular complexity index is 1570. The van der Waals surface area contributed by atoms with Crippen LogP contribution in [0.1, 0.15) is 12.8 Å². The zero-order chi connectivity index (χ0) is 25.5. The summed E-state index contributed by atoms with van der Waals surface area (Å²) in [6.45, 7) is 0. The van der Waals surface area contributed by atoms with Crippen LogP contribution in [-0.2, 0) is 11.8 Å². The Labute approximate surface area is 212 Å². The molecule has 4 heterocycles. The van der Waals surface area contributed by atoms with Gasteiger partial charge in [-0.05, 0) is 31.0 Å². The minimum Gasteiger partial charge on any atom is -0.494 e. The molecule has 1 aromatic carbocycles. The summed E-state index contributed by atoms with van der Waals surface area (Å²) in [6, 6.07) is 10.9. The number of benzene rings is 1. The smallest absolute Gasteiger partial charge is 0.218 e. The van der Waals surface area contributed by atoms with Gasteiger partial charge >= 0.3 is 0 Å². The van der Waals surface area contributed by atoms with Crippen LogP contribution in [0, 0.1) is 5.82 Å². The SMILES string of the molecule is COc1cccc(-c2cn3nc(-c4nccn4C)nc(NC4CC(OC)C4)c3c2-c2ccccn2)c1F. The van der Waals surface area contributed by atoms with Crippen molar-refractivity contribution in [2.45, 2.75) is 25.0 Å². The Morgan fingerprint density at radius 3 is 2.59 bits per heavy atom. The van der Waals surface area contributed by atoms with Gasteiger partial charge in [-0.3, -0.25) is 4.98 Å². The lowest BCUT2D eigenvalue weighted by atomic mass is 9.89. The number of halogens is 1. The van der Waals surface area contributed by atoms with Gasteiger partial charge in [-0.1, -0.05) is 18.2 Å². The van der Waals surface area contributed by atoms with Crippen molar-refractivity contribution in [3.8, 4) is 39.8 Å². The average Bonchev–Trinajstić information content (AvgIpc) is 3.50. The fourth-order valence-corrected chi connectivity index (χ4v) is 4.78. The highest BCUT2D eigenvalue weighted by atomic mass is 19.1. The van der Waals surface area contributed by atoms with Gasteiger partial charge < -0.3 is 19.4 Å². The van der Waals surface area contributed by atoms with Crippen LogP contribution in [0.5, 0.6) is 5.75 Å². The number of nitrogens with zero attached hydrogens (tertiary/aromatic N) is 6. The zero-order valence-electron chi connectivity index (χ0n) is 20.7. The van der Waals surface area contributed by atoms with Crippen molar-refractivity contribution >= 4 is 11.3 Å². The normalized spacial score (nSPS) is 17.1. The molecule has 0 radical (unpaired) electrons. The predicted octanol–water partition coefficient (Wildman–Crippen LogP) is 4.60. The van der Waals surface area contributed by atoms with Crippen LogP contribution in [0.3, 0.4) is 0 Å². The number of pyridine rings is 1. The van der Waals surface area contributed by atoms with Gasteiger partial charge in [0.2, 0.25) is 5.82 Å². The Balaban J connectivity index is 1.63. The maximum atomic E-state index is 15.6. The van der Waals surface area contributed by atoms with Crippen molar-refractivity contribution in [3.63, 3.8) is 0 Å². The molecule has 0 aliphatic heterocycles. The third-order valence-corrected chi connectivity index (χ3v) is 6.82. The lowest BCUT2D eigenvalue weighted by Gasteiger charge is -2.35. The molecule has 0 atom stereocenters. The number of fused-ring (bicyclic) bond motifs is 1. The van der Waals surface area contributed by atoms with Crippen LogP contribution in [0.4, 0.5) is 10.2 Å². The molecule has 0 unspecified atom stereocenters. The van der Waals surface area contributed by atoms with Gasteiger partial charge in [-0.15, -0.1) is 5.10 Å². The summed E-state index contributed by atoms with van der Waals surface area (Å²) in [5, 5.41) is 8.39. The first-order valence-corrected chi connectivity index (χ1v) is 12.0. The predicted molar refractivity (Wildman–Crippen MR) is 138 cm³/mol. The molecule has 0 saturated heterocycles. The number of ether oxygens (including phenoxy) is 2. The number of aromatic nitrogens is 6. The lowest BCUT2D eigenvalue weighted by Crippen LogP contribution is -2.40. The molecular formula is C27H26FN7O2.